The number of amides is 2. The fourth-order valence-electron chi connectivity index (χ4n) is 2.74. The van der Waals surface area contributed by atoms with Crippen molar-refractivity contribution in [1.29, 1.82) is 0 Å². The monoisotopic (exact) mass is 422 g/mol. The van der Waals surface area contributed by atoms with Crippen LogP contribution < -0.4 is 15.4 Å². The van der Waals surface area contributed by atoms with Crippen molar-refractivity contribution in [3.05, 3.63) is 94.5 Å². The number of halogens is 1. The highest BCUT2D eigenvalue weighted by Gasteiger charge is 2.12. The van der Waals surface area contributed by atoms with Crippen LogP contribution in [0, 0.1) is 0 Å². The van der Waals surface area contributed by atoms with E-state index in [9.17, 15) is 14.4 Å². The van der Waals surface area contributed by atoms with Crippen molar-refractivity contribution in [2.45, 2.75) is 13.5 Å². The second-order valence-electron chi connectivity index (χ2n) is 6.42. The number of carbonyl (C=O) groups excluding carboxylic acids is 3. The maximum atomic E-state index is 12.6. The third kappa shape index (κ3) is 5.68. The molecule has 3 rings (SSSR count). The van der Waals surface area contributed by atoms with E-state index in [-0.39, 0.29) is 18.4 Å². The predicted molar refractivity (Wildman–Crippen MR) is 115 cm³/mol. The molecule has 3 aromatic rings. The number of carbonyl (C=O) groups is 3. The summed E-state index contributed by atoms with van der Waals surface area (Å²) in [6.45, 7) is 1.52. The number of hydrogen-bond donors (Lipinski definition) is 2. The van der Waals surface area contributed by atoms with Gasteiger partial charge in [-0.3, -0.25) is 14.4 Å². The molecule has 152 valence electrons. The van der Waals surface area contributed by atoms with Crippen LogP contribution in [-0.2, 0) is 11.3 Å². The van der Waals surface area contributed by atoms with Gasteiger partial charge in [0.15, 0.2) is 0 Å². The number of rotatable bonds is 6. The van der Waals surface area contributed by atoms with Crippen molar-refractivity contribution in [3.8, 4) is 5.75 Å². The Morgan fingerprint density at radius 1 is 0.867 bits per heavy atom. The van der Waals surface area contributed by atoms with Crippen LogP contribution in [0.5, 0.6) is 5.75 Å². The Morgan fingerprint density at radius 2 is 1.60 bits per heavy atom. The van der Waals surface area contributed by atoms with Crippen LogP contribution in [0.4, 0.5) is 5.69 Å². The van der Waals surface area contributed by atoms with Gasteiger partial charge in [0, 0.05) is 35.3 Å². The Balaban J connectivity index is 1.69. The number of para-hydroxylation sites is 1. The van der Waals surface area contributed by atoms with Crippen LogP contribution in [0.2, 0.25) is 5.02 Å². The first kappa shape index (κ1) is 21.1. The molecule has 0 heterocycles. The zero-order valence-corrected chi connectivity index (χ0v) is 16.9. The predicted octanol–water partition coefficient (Wildman–Crippen LogP) is 4.45. The van der Waals surface area contributed by atoms with Crippen molar-refractivity contribution >= 4 is 35.1 Å². The molecule has 0 unspecified atom stereocenters. The highest BCUT2D eigenvalue weighted by Crippen LogP contribution is 2.19. The van der Waals surface area contributed by atoms with E-state index >= 15 is 0 Å². The van der Waals surface area contributed by atoms with Crippen molar-refractivity contribution in [2.24, 2.45) is 0 Å². The summed E-state index contributed by atoms with van der Waals surface area (Å²) in [7, 11) is 0. The molecule has 3 aromatic carbocycles. The van der Waals surface area contributed by atoms with Gasteiger partial charge >= 0.3 is 5.97 Å². The lowest BCUT2D eigenvalue weighted by Crippen LogP contribution is -2.23. The molecular formula is C23H19ClN2O4. The molecule has 30 heavy (non-hydrogen) atoms. The van der Waals surface area contributed by atoms with E-state index in [1.807, 2.05) is 12.1 Å². The van der Waals surface area contributed by atoms with Crippen LogP contribution in [0.15, 0.2) is 72.8 Å². The average Bonchev–Trinajstić information content (AvgIpc) is 2.73. The topological polar surface area (TPSA) is 84.5 Å². The van der Waals surface area contributed by atoms with Crippen LogP contribution in [0.3, 0.4) is 0 Å². The van der Waals surface area contributed by atoms with Crippen LogP contribution in [-0.4, -0.2) is 17.8 Å². The zero-order chi connectivity index (χ0) is 21.5. The molecule has 6 nitrogen and oxygen atoms in total. The molecule has 0 aliphatic carbocycles. The lowest BCUT2D eigenvalue weighted by molar-refractivity contribution is -0.131. The second-order valence-corrected chi connectivity index (χ2v) is 6.86. The van der Waals surface area contributed by atoms with Crippen molar-refractivity contribution in [2.75, 3.05) is 5.32 Å². The molecule has 0 aliphatic rings. The van der Waals surface area contributed by atoms with Crippen LogP contribution in [0.25, 0.3) is 0 Å². The minimum absolute atomic E-state index is 0.228. The molecule has 0 aromatic heterocycles. The molecule has 0 saturated carbocycles. The molecule has 0 bridgehead atoms. The highest BCUT2D eigenvalue weighted by molar-refractivity contribution is 6.30. The normalized spacial score (nSPS) is 10.2. The first-order valence-electron chi connectivity index (χ1n) is 9.14. The van der Waals surface area contributed by atoms with Crippen LogP contribution in [0.1, 0.15) is 33.2 Å². The van der Waals surface area contributed by atoms with Gasteiger partial charge in [-0.25, -0.2) is 0 Å². The van der Waals surface area contributed by atoms with Crippen molar-refractivity contribution in [3.63, 3.8) is 0 Å². The van der Waals surface area contributed by atoms with E-state index in [4.69, 9.17) is 16.3 Å². The Morgan fingerprint density at radius 3 is 2.33 bits per heavy atom. The molecule has 0 radical (unpaired) electrons. The maximum absolute atomic E-state index is 12.6. The Labute approximate surface area is 178 Å². The fraction of sp³-hybridized carbons (Fsp3) is 0.0870. The fourth-order valence-corrected chi connectivity index (χ4v) is 2.86. The summed E-state index contributed by atoms with van der Waals surface area (Å²) < 4.78 is 5.02. The Hall–Kier alpha value is -3.64. The van der Waals surface area contributed by atoms with Gasteiger partial charge in [-0.2, -0.15) is 0 Å². The third-order valence-electron chi connectivity index (χ3n) is 4.17. The summed E-state index contributed by atoms with van der Waals surface area (Å²) in [5.74, 6) is -0.782. The Bertz CT molecular complexity index is 1080. The van der Waals surface area contributed by atoms with E-state index in [1.54, 1.807) is 54.6 Å². The van der Waals surface area contributed by atoms with Gasteiger partial charge in [-0.05, 0) is 54.1 Å². The summed E-state index contributed by atoms with van der Waals surface area (Å²) in [5.41, 5.74) is 2.14. The summed E-state index contributed by atoms with van der Waals surface area (Å²) in [4.78, 5) is 36.1. The highest BCUT2D eigenvalue weighted by atomic mass is 35.5. The van der Waals surface area contributed by atoms with E-state index in [0.717, 1.165) is 5.56 Å². The lowest BCUT2D eigenvalue weighted by atomic mass is 10.1. The minimum Gasteiger partial charge on any atom is -0.427 e. The zero-order valence-electron chi connectivity index (χ0n) is 16.1. The van der Waals surface area contributed by atoms with Gasteiger partial charge in [-0.1, -0.05) is 35.9 Å². The smallest absolute Gasteiger partial charge is 0.308 e. The van der Waals surface area contributed by atoms with Gasteiger partial charge in [0.1, 0.15) is 5.75 Å². The average molecular weight is 423 g/mol. The number of nitrogens with one attached hydrogen (secondary N) is 2. The summed E-state index contributed by atoms with van der Waals surface area (Å²) in [6.07, 6.45) is 0. The minimum atomic E-state index is -0.464. The first-order chi connectivity index (χ1) is 14.4. The lowest BCUT2D eigenvalue weighted by Gasteiger charge is -2.12. The molecule has 0 aliphatic heterocycles. The van der Waals surface area contributed by atoms with E-state index in [2.05, 4.69) is 10.6 Å². The second kappa shape index (κ2) is 9.71. The standard InChI is InChI=1S/C23H19ClN2O4/c1-15(27)30-20-7-4-6-17(13-20)23(29)26-21-8-3-2-5-18(21)14-25-22(28)16-9-11-19(24)12-10-16/h2-13H,14H2,1H3,(H,25,28)(H,26,29). The summed E-state index contributed by atoms with van der Waals surface area (Å²) in [5, 5.41) is 6.21. The molecule has 0 saturated heterocycles. The van der Waals surface area contributed by atoms with Gasteiger partial charge in [0.25, 0.3) is 11.8 Å². The van der Waals surface area contributed by atoms with Crippen molar-refractivity contribution in [1.82, 2.24) is 5.32 Å². The molecule has 2 amide bonds. The van der Waals surface area contributed by atoms with Crippen LogP contribution >= 0.6 is 11.6 Å². The number of esters is 1. The molecule has 0 atom stereocenters. The third-order valence-corrected chi connectivity index (χ3v) is 4.42. The molecular weight excluding hydrogens is 404 g/mol. The summed E-state index contributed by atoms with van der Waals surface area (Å²) >= 11 is 5.85. The van der Waals surface area contributed by atoms with Gasteiger partial charge in [-0.15, -0.1) is 0 Å². The Kier molecular flexibility index (Phi) is 6.83. The van der Waals surface area contributed by atoms with E-state index in [1.165, 1.54) is 13.0 Å². The number of benzene rings is 3. The maximum Gasteiger partial charge on any atom is 0.308 e. The number of hydrogen-bond acceptors (Lipinski definition) is 4. The van der Waals surface area contributed by atoms with E-state index in [0.29, 0.717) is 27.6 Å². The SMILES string of the molecule is CC(=O)Oc1cccc(C(=O)Nc2ccccc2CNC(=O)c2ccc(Cl)cc2)c1. The first-order valence-corrected chi connectivity index (χ1v) is 9.51. The molecule has 0 fully saturated rings. The van der Waals surface area contributed by atoms with Crippen molar-refractivity contribution < 1.29 is 19.1 Å². The number of anilines is 1. The molecule has 2 N–H and O–H groups in total. The van der Waals surface area contributed by atoms with Gasteiger partial charge in [0.2, 0.25) is 0 Å². The molecule has 0 spiro atoms. The summed E-state index contributed by atoms with van der Waals surface area (Å²) in [6, 6.07) is 20.1. The van der Waals surface area contributed by atoms with E-state index < -0.39 is 5.97 Å². The van der Waals surface area contributed by atoms with Gasteiger partial charge in [0.05, 0.1) is 0 Å². The quantitative estimate of drug-likeness (QED) is 0.454. The van der Waals surface area contributed by atoms with Gasteiger partial charge < -0.3 is 15.4 Å². The molecule has 7 heteroatoms. The largest absolute Gasteiger partial charge is 0.427 e. The number of ether oxygens (including phenoxy) is 1.